The van der Waals surface area contributed by atoms with Crippen LogP contribution in [0.1, 0.15) is 50.0 Å². The Morgan fingerprint density at radius 3 is 2.65 bits per heavy atom. The first-order valence-electron chi connectivity index (χ1n) is 12.6. The van der Waals surface area contributed by atoms with Crippen molar-refractivity contribution in [1.29, 1.82) is 0 Å². The summed E-state index contributed by atoms with van der Waals surface area (Å²) in [6.07, 6.45) is 10.3. The molecule has 1 amide bonds. The van der Waals surface area contributed by atoms with E-state index in [1.807, 2.05) is 36.5 Å². The monoisotopic (exact) mass is 465 g/mol. The number of pyridine rings is 1. The highest BCUT2D eigenvalue weighted by Gasteiger charge is 2.28. The van der Waals surface area contributed by atoms with Crippen molar-refractivity contribution in [1.82, 2.24) is 19.9 Å². The second-order valence-corrected chi connectivity index (χ2v) is 9.57. The SMILES string of the molecule is CN(CCCNc1nc(Nc2ccc(N3CCOCC3)nc2)ncc1C1CC1)C(=O)C1CCC1. The molecule has 0 spiro atoms. The molecule has 0 aromatic carbocycles. The molecule has 0 unspecified atom stereocenters. The van der Waals surface area contributed by atoms with Gasteiger partial charge in [-0.1, -0.05) is 6.42 Å². The summed E-state index contributed by atoms with van der Waals surface area (Å²) in [5.74, 6) is 3.52. The molecule has 0 atom stereocenters. The van der Waals surface area contributed by atoms with Crippen LogP contribution in [0.15, 0.2) is 24.5 Å². The van der Waals surface area contributed by atoms with Crippen LogP contribution in [0.25, 0.3) is 0 Å². The van der Waals surface area contributed by atoms with E-state index in [2.05, 4.69) is 25.5 Å². The summed E-state index contributed by atoms with van der Waals surface area (Å²) in [4.78, 5) is 30.4. The molecule has 3 aliphatic rings. The lowest BCUT2D eigenvalue weighted by Crippen LogP contribution is -2.37. The highest BCUT2D eigenvalue weighted by Crippen LogP contribution is 2.42. The molecular weight excluding hydrogens is 430 g/mol. The summed E-state index contributed by atoms with van der Waals surface area (Å²) in [5, 5.41) is 6.79. The van der Waals surface area contributed by atoms with Crippen LogP contribution in [0.2, 0.25) is 0 Å². The van der Waals surface area contributed by atoms with Gasteiger partial charge in [-0.2, -0.15) is 4.98 Å². The number of amides is 1. The van der Waals surface area contributed by atoms with Crippen molar-refractivity contribution >= 4 is 29.2 Å². The van der Waals surface area contributed by atoms with Gasteiger partial charge in [0.1, 0.15) is 11.6 Å². The van der Waals surface area contributed by atoms with Gasteiger partial charge in [0.25, 0.3) is 0 Å². The molecule has 2 aromatic rings. The summed E-state index contributed by atoms with van der Waals surface area (Å²) in [5.41, 5.74) is 2.04. The molecule has 9 heteroatoms. The first-order valence-corrected chi connectivity index (χ1v) is 12.6. The number of anilines is 4. The van der Waals surface area contributed by atoms with Crippen LogP contribution in [-0.4, -0.2) is 72.2 Å². The van der Waals surface area contributed by atoms with Gasteiger partial charge in [-0.05, 0) is 50.2 Å². The van der Waals surface area contributed by atoms with E-state index in [1.54, 1.807) is 0 Å². The molecule has 2 saturated carbocycles. The van der Waals surface area contributed by atoms with Crippen LogP contribution in [0.5, 0.6) is 0 Å². The molecule has 2 aliphatic carbocycles. The van der Waals surface area contributed by atoms with Crippen LogP contribution >= 0.6 is 0 Å². The van der Waals surface area contributed by atoms with E-state index in [-0.39, 0.29) is 5.92 Å². The van der Waals surface area contributed by atoms with Crippen molar-refractivity contribution in [2.24, 2.45) is 5.92 Å². The van der Waals surface area contributed by atoms with Gasteiger partial charge in [0.15, 0.2) is 0 Å². The maximum atomic E-state index is 12.3. The van der Waals surface area contributed by atoms with Gasteiger partial charge in [-0.25, -0.2) is 9.97 Å². The largest absolute Gasteiger partial charge is 0.378 e. The maximum Gasteiger partial charge on any atom is 0.229 e. The van der Waals surface area contributed by atoms with Gasteiger partial charge in [0.05, 0.1) is 25.1 Å². The van der Waals surface area contributed by atoms with Gasteiger partial charge in [0, 0.05) is 50.9 Å². The first-order chi connectivity index (χ1) is 16.7. The molecule has 182 valence electrons. The fraction of sp³-hybridized carbons (Fsp3) is 0.600. The molecule has 5 rings (SSSR count). The van der Waals surface area contributed by atoms with Crippen molar-refractivity contribution in [3.8, 4) is 0 Å². The molecule has 3 fully saturated rings. The molecule has 0 radical (unpaired) electrons. The Balaban J connectivity index is 1.17. The zero-order valence-corrected chi connectivity index (χ0v) is 20.0. The molecule has 1 saturated heterocycles. The minimum atomic E-state index is 0.257. The number of nitrogens with one attached hydrogen (secondary N) is 2. The van der Waals surface area contributed by atoms with Gasteiger partial charge < -0.3 is 25.2 Å². The average Bonchev–Trinajstić information content (AvgIpc) is 3.67. The van der Waals surface area contributed by atoms with E-state index in [9.17, 15) is 4.79 Å². The first kappa shape index (κ1) is 22.8. The number of morpholine rings is 1. The summed E-state index contributed by atoms with van der Waals surface area (Å²) in [7, 11) is 1.92. The third kappa shape index (κ3) is 5.58. The standard InChI is InChI=1S/C25H35N7O2/c1-31(24(33)19-4-2-5-19)11-3-10-26-23-21(18-6-7-18)17-28-25(30-23)29-20-8-9-22(27-16-20)32-12-14-34-15-13-32/h8-9,16-19H,2-7,10-15H2,1H3,(H2,26,28,29,30). The van der Waals surface area contributed by atoms with Crippen LogP contribution in [0, 0.1) is 5.92 Å². The van der Waals surface area contributed by atoms with Crippen LogP contribution in [-0.2, 0) is 9.53 Å². The van der Waals surface area contributed by atoms with Gasteiger partial charge in [-0.3, -0.25) is 4.79 Å². The molecule has 2 aromatic heterocycles. The number of hydrogen-bond acceptors (Lipinski definition) is 8. The smallest absolute Gasteiger partial charge is 0.229 e. The van der Waals surface area contributed by atoms with Gasteiger partial charge in [-0.15, -0.1) is 0 Å². The minimum absolute atomic E-state index is 0.257. The second kappa shape index (κ2) is 10.5. The lowest BCUT2D eigenvalue weighted by Gasteiger charge is -2.29. The Hall–Kier alpha value is -2.94. The fourth-order valence-corrected chi connectivity index (χ4v) is 4.45. The Bertz CT molecular complexity index is 970. The molecule has 0 bridgehead atoms. The summed E-state index contributed by atoms with van der Waals surface area (Å²) < 4.78 is 5.42. The second-order valence-electron chi connectivity index (χ2n) is 9.57. The van der Waals surface area contributed by atoms with Crippen LogP contribution in [0.4, 0.5) is 23.3 Å². The molecular formula is C25H35N7O2. The molecule has 3 heterocycles. The number of aromatic nitrogens is 3. The molecule has 1 aliphatic heterocycles. The van der Waals surface area contributed by atoms with E-state index in [0.29, 0.717) is 17.8 Å². The van der Waals surface area contributed by atoms with Crippen LogP contribution in [0.3, 0.4) is 0 Å². The average molecular weight is 466 g/mol. The normalized spacial score (nSPS) is 18.3. The minimum Gasteiger partial charge on any atom is -0.378 e. The van der Waals surface area contributed by atoms with E-state index in [1.165, 1.54) is 24.8 Å². The third-order valence-corrected chi connectivity index (χ3v) is 6.97. The quantitative estimate of drug-likeness (QED) is 0.516. The van der Waals surface area contributed by atoms with Crippen molar-refractivity contribution in [2.45, 2.75) is 44.4 Å². The van der Waals surface area contributed by atoms with Crippen molar-refractivity contribution in [3.63, 3.8) is 0 Å². The summed E-state index contributed by atoms with van der Waals surface area (Å²) in [6.45, 7) is 4.75. The van der Waals surface area contributed by atoms with E-state index in [4.69, 9.17) is 9.72 Å². The fourth-order valence-electron chi connectivity index (χ4n) is 4.45. The van der Waals surface area contributed by atoms with Crippen LogP contribution < -0.4 is 15.5 Å². The lowest BCUT2D eigenvalue weighted by atomic mass is 9.84. The lowest BCUT2D eigenvalue weighted by molar-refractivity contribution is -0.136. The Kier molecular flexibility index (Phi) is 7.08. The van der Waals surface area contributed by atoms with E-state index >= 15 is 0 Å². The number of nitrogens with zero attached hydrogens (tertiary/aromatic N) is 5. The van der Waals surface area contributed by atoms with E-state index in [0.717, 1.165) is 76.0 Å². The van der Waals surface area contributed by atoms with E-state index < -0.39 is 0 Å². The molecule has 34 heavy (non-hydrogen) atoms. The third-order valence-electron chi connectivity index (χ3n) is 6.97. The maximum absolute atomic E-state index is 12.3. The molecule has 2 N–H and O–H groups in total. The Morgan fingerprint density at radius 1 is 1.15 bits per heavy atom. The predicted octanol–water partition coefficient (Wildman–Crippen LogP) is 3.39. The highest BCUT2D eigenvalue weighted by molar-refractivity contribution is 5.79. The van der Waals surface area contributed by atoms with Gasteiger partial charge in [0.2, 0.25) is 11.9 Å². The molecule has 9 nitrogen and oxygen atoms in total. The van der Waals surface area contributed by atoms with Gasteiger partial charge >= 0.3 is 0 Å². The Labute approximate surface area is 201 Å². The van der Waals surface area contributed by atoms with Crippen molar-refractivity contribution in [2.75, 3.05) is 62.0 Å². The van der Waals surface area contributed by atoms with Crippen molar-refractivity contribution < 1.29 is 9.53 Å². The zero-order chi connectivity index (χ0) is 23.3. The number of ether oxygens (including phenoxy) is 1. The Morgan fingerprint density at radius 2 is 1.97 bits per heavy atom. The number of hydrogen-bond donors (Lipinski definition) is 2. The summed E-state index contributed by atoms with van der Waals surface area (Å²) >= 11 is 0. The number of rotatable bonds is 10. The number of carbonyl (C=O) groups excluding carboxylic acids is 1. The summed E-state index contributed by atoms with van der Waals surface area (Å²) in [6, 6.07) is 4.03. The topological polar surface area (TPSA) is 95.5 Å². The zero-order valence-electron chi connectivity index (χ0n) is 20.0. The predicted molar refractivity (Wildman–Crippen MR) is 133 cm³/mol. The van der Waals surface area contributed by atoms with Crippen molar-refractivity contribution in [3.05, 3.63) is 30.1 Å². The highest BCUT2D eigenvalue weighted by atomic mass is 16.5. The number of carbonyl (C=O) groups is 1.